The first-order chi connectivity index (χ1) is 14.8. The van der Waals surface area contributed by atoms with Crippen molar-refractivity contribution in [3.05, 3.63) is 70.4 Å². The lowest BCUT2D eigenvalue weighted by molar-refractivity contribution is -0.129. The molecule has 2 aromatic carbocycles. The Labute approximate surface area is 188 Å². The Kier molecular flexibility index (Phi) is 7.82. The number of nitrogens with one attached hydrogen (secondary N) is 2. The number of hydrogen-bond acceptors (Lipinski definition) is 4. The van der Waals surface area contributed by atoms with Crippen LogP contribution in [0.5, 0.6) is 0 Å². The Morgan fingerprint density at radius 2 is 1.77 bits per heavy atom. The van der Waals surface area contributed by atoms with Gasteiger partial charge in [0.2, 0.25) is 11.8 Å². The molecule has 0 spiro atoms. The first kappa shape index (κ1) is 23.0. The summed E-state index contributed by atoms with van der Waals surface area (Å²) in [5.41, 5.74) is 2.11. The van der Waals surface area contributed by atoms with Crippen molar-refractivity contribution in [2.45, 2.75) is 32.4 Å². The largest absolute Gasteiger partial charge is 0.352 e. The van der Waals surface area contributed by atoms with E-state index in [2.05, 4.69) is 33.0 Å². The standard InChI is InChI=1S/C25H31N3O2S/c1-17(2)24(25(30)26-15-22(28(3)4)21-11-12-31-16-21)27-23(29)14-18-9-10-19-7-5-6-8-20(19)13-18/h5-13,16-17,22,24H,14-15H2,1-4H3,(H,26,30)(H,27,29). The zero-order valence-electron chi connectivity index (χ0n) is 18.6. The van der Waals surface area contributed by atoms with E-state index in [0.717, 1.165) is 16.3 Å². The number of fused-ring (bicyclic) bond motifs is 1. The third-order valence-electron chi connectivity index (χ3n) is 5.47. The summed E-state index contributed by atoms with van der Waals surface area (Å²) in [5.74, 6) is -0.311. The van der Waals surface area contributed by atoms with Gasteiger partial charge in [-0.05, 0) is 58.7 Å². The molecule has 3 rings (SSSR count). The summed E-state index contributed by atoms with van der Waals surface area (Å²) in [6, 6.07) is 15.7. The van der Waals surface area contributed by atoms with Crippen LogP contribution in [0.2, 0.25) is 0 Å². The molecule has 0 saturated carbocycles. The van der Waals surface area contributed by atoms with Crippen LogP contribution < -0.4 is 10.6 Å². The molecule has 6 heteroatoms. The molecule has 0 saturated heterocycles. The number of benzene rings is 2. The monoisotopic (exact) mass is 437 g/mol. The number of thiophene rings is 1. The van der Waals surface area contributed by atoms with Gasteiger partial charge in [0.05, 0.1) is 12.5 Å². The quantitative estimate of drug-likeness (QED) is 0.532. The Balaban J connectivity index is 1.61. The highest BCUT2D eigenvalue weighted by atomic mass is 32.1. The van der Waals surface area contributed by atoms with Crippen molar-refractivity contribution >= 4 is 33.9 Å². The van der Waals surface area contributed by atoms with Gasteiger partial charge in [-0.1, -0.05) is 56.3 Å². The first-order valence-corrected chi connectivity index (χ1v) is 11.5. The zero-order valence-corrected chi connectivity index (χ0v) is 19.4. The highest BCUT2D eigenvalue weighted by Crippen LogP contribution is 2.20. The lowest BCUT2D eigenvalue weighted by atomic mass is 10.0. The summed E-state index contributed by atoms with van der Waals surface area (Å²) in [5, 5.41) is 12.4. The molecule has 0 aliphatic rings. The molecule has 0 radical (unpaired) electrons. The fraction of sp³-hybridized carbons (Fsp3) is 0.360. The second-order valence-corrected chi connectivity index (χ2v) is 9.21. The Hall–Kier alpha value is -2.70. The molecule has 0 aliphatic carbocycles. The van der Waals surface area contributed by atoms with Crippen molar-refractivity contribution < 1.29 is 9.59 Å². The average Bonchev–Trinajstić information content (AvgIpc) is 3.26. The minimum atomic E-state index is -0.571. The van der Waals surface area contributed by atoms with Crippen LogP contribution in [0, 0.1) is 5.92 Å². The van der Waals surface area contributed by atoms with E-state index in [9.17, 15) is 9.59 Å². The number of rotatable bonds is 9. The minimum absolute atomic E-state index is 0.0143. The van der Waals surface area contributed by atoms with Crippen LogP contribution >= 0.6 is 11.3 Å². The summed E-state index contributed by atoms with van der Waals surface area (Å²) >= 11 is 1.64. The maximum absolute atomic E-state index is 12.9. The van der Waals surface area contributed by atoms with E-state index < -0.39 is 6.04 Å². The average molecular weight is 438 g/mol. The van der Waals surface area contributed by atoms with Crippen molar-refractivity contribution in [2.75, 3.05) is 20.6 Å². The van der Waals surface area contributed by atoms with Crippen molar-refractivity contribution in [3.8, 4) is 0 Å². The van der Waals surface area contributed by atoms with Crippen LogP contribution in [-0.4, -0.2) is 43.4 Å². The number of likely N-dealkylation sites (N-methyl/N-ethyl adjacent to an activating group) is 1. The molecule has 31 heavy (non-hydrogen) atoms. The van der Waals surface area contributed by atoms with Gasteiger partial charge in [-0.3, -0.25) is 9.59 Å². The fourth-order valence-corrected chi connectivity index (χ4v) is 4.37. The summed E-state index contributed by atoms with van der Waals surface area (Å²) in [6.45, 7) is 4.39. The van der Waals surface area contributed by atoms with Crippen molar-refractivity contribution in [1.82, 2.24) is 15.5 Å². The Morgan fingerprint density at radius 1 is 1.03 bits per heavy atom. The summed E-state index contributed by atoms with van der Waals surface area (Å²) in [6.07, 6.45) is 0.247. The molecular formula is C25H31N3O2S. The van der Waals surface area contributed by atoms with Gasteiger partial charge in [-0.15, -0.1) is 0 Å². The molecular weight excluding hydrogens is 406 g/mol. The van der Waals surface area contributed by atoms with Gasteiger partial charge in [0.25, 0.3) is 0 Å². The molecule has 1 aromatic heterocycles. The maximum Gasteiger partial charge on any atom is 0.242 e. The number of carbonyl (C=O) groups excluding carboxylic acids is 2. The smallest absolute Gasteiger partial charge is 0.242 e. The van der Waals surface area contributed by atoms with Gasteiger partial charge in [-0.25, -0.2) is 0 Å². The van der Waals surface area contributed by atoms with Gasteiger partial charge in [0.15, 0.2) is 0 Å². The second-order valence-electron chi connectivity index (χ2n) is 8.43. The SMILES string of the molecule is CC(C)C(NC(=O)Cc1ccc2ccccc2c1)C(=O)NCC(c1ccsc1)N(C)C. The molecule has 164 valence electrons. The highest BCUT2D eigenvalue weighted by Gasteiger charge is 2.25. The zero-order chi connectivity index (χ0) is 22.4. The van der Waals surface area contributed by atoms with Crippen molar-refractivity contribution in [1.29, 1.82) is 0 Å². The van der Waals surface area contributed by atoms with Gasteiger partial charge in [0, 0.05) is 6.54 Å². The van der Waals surface area contributed by atoms with E-state index >= 15 is 0 Å². The van der Waals surface area contributed by atoms with Crippen molar-refractivity contribution in [2.24, 2.45) is 5.92 Å². The van der Waals surface area contributed by atoms with Crippen LogP contribution in [0.4, 0.5) is 0 Å². The summed E-state index contributed by atoms with van der Waals surface area (Å²) in [4.78, 5) is 27.7. The third kappa shape index (κ3) is 6.15. The van der Waals surface area contributed by atoms with E-state index in [4.69, 9.17) is 0 Å². The number of hydrogen-bond donors (Lipinski definition) is 2. The molecule has 0 aliphatic heterocycles. The van der Waals surface area contributed by atoms with E-state index in [0.29, 0.717) is 6.54 Å². The van der Waals surface area contributed by atoms with E-state index in [1.807, 2.05) is 69.7 Å². The predicted molar refractivity (Wildman–Crippen MR) is 128 cm³/mol. The molecule has 5 nitrogen and oxygen atoms in total. The topological polar surface area (TPSA) is 61.4 Å². The first-order valence-electron chi connectivity index (χ1n) is 10.6. The predicted octanol–water partition coefficient (Wildman–Crippen LogP) is 4.00. The van der Waals surface area contributed by atoms with E-state index in [1.165, 1.54) is 5.56 Å². The summed E-state index contributed by atoms with van der Waals surface area (Å²) < 4.78 is 0. The van der Waals surface area contributed by atoms with Crippen LogP contribution in [0.3, 0.4) is 0 Å². The highest BCUT2D eigenvalue weighted by molar-refractivity contribution is 7.08. The lowest BCUT2D eigenvalue weighted by Gasteiger charge is -2.27. The van der Waals surface area contributed by atoms with Crippen molar-refractivity contribution in [3.63, 3.8) is 0 Å². The number of carbonyl (C=O) groups is 2. The van der Waals surface area contributed by atoms with Gasteiger partial charge >= 0.3 is 0 Å². The van der Waals surface area contributed by atoms with Crippen LogP contribution in [0.1, 0.15) is 31.0 Å². The lowest BCUT2D eigenvalue weighted by Crippen LogP contribution is -2.51. The van der Waals surface area contributed by atoms with E-state index in [1.54, 1.807) is 11.3 Å². The molecule has 0 bridgehead atoms. The molecule has 2 amide bonds. The second kappa shape index (κ2) is 10.6. The number of nitrogens with zero attached hydrogens (tertiary/aromatic N) is 1. The van der Waals surface area contributed by atoms with Gasteiger partial charge < -0.3 is 15.5 Å². The molecule has 1 heterocycles. The van der Waals surface area contributed by atoms with E-state index in [-0.39, 0.29) is 30.2 Å². The normalized spacial score (nSPS) is 13.4. The minimum Gasteiger partial charge on any atom is -0.352 e. The van der Waals surface area contributed by atoms with Crippen LogP contribution in [-0.2, 0) is 16.0 Å². The van der Waals surface area contributed by atoms with Crippen LogP contribution in [0.15, 0.2) is 59.3 Å². The Bertz CT molecular complexity index is 1010. The molecule has 2 N–H and O–H groups in total. The molecule has 2 unspecified atom stereocenters. The molecule has 0 fully saturated rings. The Morgan fingerprint density at radius 3 is 2.42 bits per heavy atom. The number of amides is 2. The van der Waals surface area contributed by atoms with Gasteiger partial charge in [0.1, 0.15) is 6.04 Å². The van der Waals surface area contributed by atoms with Gasteiger partial charge in [-0.2, -0.15) is 11.3 Å². The summed E-state index contributed by atoms with van der Waals surface area (Å²) in [7, 11) is 4.00. The molecule has 3 aromatic rings. The van der Waals surface area contributed by atoms with Crippen LogP contribution in [0.25, 0.3) is 10.8 Å². The molecule has 2 atom stereocenters. The fourth-order valence-electron chi connectivity index (χ4n) is 3.66. The third-order valence-corrected chi connectivity index (χ3v) is 6.17. The maximum atomic E-state index is 12.9.